The average molecular weight is 386 g/mol. The van der Waals surface area contributed by atoms with Gasteiger partial charge in [0.1, 0.15) is 5.60 Å². The highest BCUT2D eigenvalue weighted by Gasteiger charge is 2.38. The summed E-state index contributed by atoms with van der Waals surface area (Å²) in [6.07, 6.45) is 8.26. The van der Waals surface area contributed by atoms with E-state index in [1.54, 1.807) is 43.4 Å². The molecule has 1 aromatic carbocycles. The third kappa shape index (κ3) is 5.09. The summed E-state index contributed by atoms with van der Waals surface area (Å²) in [5.74, 6) is -1.12. The van der Waals surface area contributed by atoms with E-state index in [0.29, 0.717) is 17.7 Å². The van der Waals surface area contributed by atoms with E-state index in [4.69, 9.17) is 14.2 Å². The van der Waals surface area contributed by atoms with Gasteiger partial charge < -0.3 is 18.9 Å². The number of benzene rings is 1. The first-order chi connectivity index (χ1) is 13.3. The quantitative estimate of drug-likeness (QED) is 0.422. The predicted octanol–water partition coefficient (Wildman–Crippen LogP) is 2.99. The van der Waals surface area contributed by atoms with Gasteiger partial charge in [-0.3, -0.25) is 4.79 Å². The van der Waals surface area contributed by atoms with E-state index >= 15 is 0 Å². The van der Waals surface area contributed by atoms with Gasteiger partial charge in [0, 0.05) is 19.4 Å². The Balaban J connectivity index is 2.24. The first-order valence-corrected chi connectivity index (χ1v) is 8.52. The second-order valence-corrected chi connectivity index (χ2v) is 6.19. The summed E-state index contributed by atoms with van der Waals surface area (Å²) in [5.41, 5.74) is -0.220. The van der Waals surface area contributed by atoms with E-state index in [1.165, 1.54) is 27.2 Å². The van der Waals surface area contributed by atoms with Crippen LogP contribution in [0.15, 0.2) is 48.1 Å². The molecule has 1 atom stereocenters. The fourth-order valence-electron chi connectivity index (χ4n) is 2.70. The molecule has 0 spiro atoms. The molecule has 0 aromatic heterocycles. The molecule has 7 heteroatoms. The zero-order valence-electron chi connectivity index (χ0n) is 16.2. The van der Waals surface area contributed by atoms with Crippen LogP contribution in [0.3, 0.4) is 0 Å². The monoisotopic (exact) mass is 386 g/mol. The maximum Gasteiger partial charge on any atom is 0.343 e. The van der Waals surface area contributed by atoms with Crippen molar-refractivity contribution in [2.75, 3.05) is 14.2 Å². The molecule has 0 saturated carbocycles. The van der Waals surface area contributed by atoms with Gasteiger partial charge in [-0.1, -0.05) is 18.2 Å². The molecular weight excluding hydrogens is 364 g/mol. The summed E-state index contributed by atoms with van der Waals surface area (Å²) >= 11 is 0. The van der Waals surface area contributed by atoms with Crippen LogP contribution in [0.4, 0.5) is 0 Å². The van der Waals surface area contributed by atoms with Crippen LogP contribution in [0.5, 0.6) is 11.5 Å². The topological polar surface area (TPSA) is 88.1 Å². The molecular formula is C21H22O7. The number of rotatable bonds is 6. The highest BCUT2D eigenvalue weighted by Crippen LogP contribution is 2.33. The third-order valence-corrected chi connectivity index (χ3v) is 4.07. The lowest BCUT2D eigenvalue weighted by molar-refractivity contribution is -0.153. The Morgan fingerprint density at radius 3 is 2.54 bits per heavy atom. The summed E-state index contributed by atoms with van der Waals surface area (Å²) in [7, 11) is 2.72. The second kappa shape index (κ2) is 9.03. The number of hydrogen-bond acceptors (Lipinski definition) is 7. The van der Waals surface area contributed by atoms with Crippen molar-refractivity contribution in [3.8, 4) is 11.5 Å². The van der Waals surface area contributed by atoms with Crippen molar-refractivity contribution >= 4 is 24.0 Å². The van der Waals surface area contributed by atoms with Crippen LogP contribution in [0.2, 0.25) is 0 Å². The maximum atomic E-state index is 12.7. The van der Waals surface area contributed by atoms with E-state index in [9.17, 15) is 14.4 Å². The van der Waals surface area contributed by atoms with Crippen molar-refractivity contribution in [3.05, 3.63) is 53.6 Å². The molecule has 0 radical (unpaired) electrons. The van der Waals surface area contributed by atoms with E-state index in [1.807, 2.05) is 6.08 Å². The molecule has 2 rings (SSSR count). The molecule has 0 aliphatic heterocycles. The molecule has 0 bridgehead atoms. The second-order valence-electron chi connectivity index (χ2n) is 6.19. The molecule has 1 aliphatic rings. The lowest BCUT2D eigenvalue weighted by Gasteiger charge is -2.31. The van der Waals surface area contributed by atoms with Crippen molar-refractivity contribution in [1.29, 1.82) is 0 Å². The van der Waals surface area contributed by atoms with Gasteiger partial charge in [-0.25, -0.2) is 9.59 Å². The molecule has 0 amide bonds. The Morgan fingerprint density at radius 2 is 1.89 bits per heavy atom. The van der Waals surface area contributed by atoms with Crippen LogP contribution in [-0.2, 0) is 23.9 Å². The first-order valence-electron chi connectivity index (χ1n) is 8.52. The summed E-state index contributed by atoms with van der Waals surface area (Å²) in [6.45, 7) is 2.94. The van der Waals surface area contributed by atoms with E-state index in [-0.39, 0.29) is 11.3 Å². The van der Waals surface area contributed by atoms with Crippen LogP contribution in [-0.4, -0.2) is 37.7 Å². The van der Waals surface area contributed by atoms with Crippen molar-refractivity contribution < 1.29 is 33.3 Å². The van der Waals surface area contributed by atoms with Crippen molar-refractivity contribution in [2.45, 2.75) is 25.9 Å². The number of hydrogen-bond donors (Lipinski definition) is 0. The molecule has 0 heterocycles. The Kier molecular flexibility index (Phi) is 6.76. The Hall–Kier alpha value is -3.35. The smallest absolute Gasteiger partial charge is 0.343 e. The Labute approximate surface area is 163 Å². The standard InChI is InChI=1S/C21H22O7/c1-14(22)28-21(2)12-6-5-7-16(21)20(24)27-17-10-8-15(13-18(17)25-3)9-11-19(23)26-4/h5-11,13H,12H2,1-4H3/b11-9+. The Morgan fingerprint density at radius 1 is 1.14 bits per heavy atom. The van der Waals surface area contributed by atoms with E-state index < -0.39 is 23.5 Å². The highest BCUT2D eigenvalue weighted by atomic mass is 16.6. The van der Waals surface area contributed by atoms with Gasteiger partial charge >= 0.3 is 17.9 Å². The minimum Gasteiger partial charge on any atom is -0.493 e. The molecule has 0 saturated heterocycles. The zero-order chi connectivity index (χ0) is 20.7. The molecule has 148 valence electrons. The van der Waals surface area contributed by atoms with Gasteiger partial charge in [0.2, 0.25) is 0 Å². The van der Waals surface area contributed by atoms with Gasteiger partial charge in [0.05, 0.1) is 19.8 Å². The van der Waals surface area contributed by atoms with Gasteiger partial charge in [0.15, 0.2) is 11.5 Å². The molecule has 1 unspecified atom stereocenters. The minimum atomic E-state index is -1.10. The van der Waals surface area contributed by atoms with Gasteiger partial charge in [-0.05, 0) is 36.8 Å². The van der Waals surface area contributed by atoms with Crippen molar-refractivity contribution in [3.63, 3.8) is 0 Å². The molecule has 7 nitrogen and oxygen atoms in total. The van der Waals surface area contributed by atoms with Gasteiger partial charge in [0.25, 0.3) is 0 Å². The van der Waals surface area contributed by atoms with Crippen molar-refractivity contribution in [2.24, 2.45) is 0 Å². The number of carbonyl (C=O) groups excluding carboxylic acids is 3. The summed E-state index contributed by atoms with van der Waals surface area (Å²) < 4.78 is 20.7. The lowest BCUT2D eigenvalue weighted by atomic mass is 9.88. The number of allylic oxidation sites excluding steroid dienone is 2. The molecule has 0 fully saturated rings. The molecule has 1 aliphatic carbocycles. The first kappa shape index (κ1) is 21.0. The number of esters is 3. The van der Waals surface area contributed by atoms with Crippen LogP contribution in [0.1, 0.15) is 25.8 Å². The van der Waals surface area contributed by atoms with Crippen LogP contribution >= 0.6 is 0 Å². The largest absolute Gasteiger partial charge is 0.493 e. The summed E-state index contributed by atoms with van der Waals surface area (Å²) in [6, 6.07) is 4.82. The SMILES string of the molecule is COC(=O)/C=C/c1ccc(OC(=O)C2=CC=CCC2(C)OC(C)=O)c(OC)c1. The van der Waals surface area contributed by atoms with Gasteiger partial charge in [-0.2, -0.15) is 0 Å². The van der Waals surface area contributed by atoms with Crippen LogP contribution < -0.4 is 9.47 Å². The summed E-state index contributed by atoms with van der Waals surface area (Å²) in [5, 5.41) is 0. The van der Waals surface area contributed by atoms with E-state index in [0.717, 1.165) is 0 Å². The fourth-order valence-corrected chi connectivity index (χ4v) is 2.70. The van der Waals surface area contributed by atoms with Crippen LogP contribution in [0, 0.1) is 0 Å². The molecule has 28 heavy (non-hydrogen) atoms. The predicted molar refractivity (Wildman–Crippen MR) is 102 cm³/mol. The maximum absolute atomic E-state index is 12.7. The van der Waals surface area contributed by atoms with E-state index in [2.05, 4.69) is 4.74 Å². The third-order valence-electron chi connectivity index (χ3n) is 4.07. The van der Waals surface area contributed by atoms with Crippen LogP contribution in [0.25, 0.3) is 6.08 Å². The molecule has 1 aromatic rings. The number of carbonyl (C=O) groups is 3. The van der Waals surface area contributed by atoms with Gasteiger partial charge in [-0.15, -0.1) is 0 Å². The molecule has 0 N–H and O–H groups in total. The highest BCUT2D eigenvalue weighted by molar-refractivity contribution is 5.94. The summed E-state index contributed by atoms with van der Waals surface area (Å²) in [4.78, 5) is 35.4. The number of ether oxygens (including phenoxy) is 4. The minimum absolute atomic E-state index is 0.198. The Bertz CT molecular complexity index is 864. The lowest BCUT2D eigenvalue weighted by Crippen LogP contribution is -2.38. The average Bonchev–Trinajstić information content (AvgIpc) is 2.66. The normalized spacial score (nSPS) is 18.4. The fraction of sp³-hybridized carbons (Fsp3) is 0.286. The van der Waals surface area contributed by atoms with Crippen molar-refractivity contribution in [1.82, 2.24) is 0 Å². The zero-order valence-corrected chi connectivity index (χ0v) is 16.2. The number of methoxy groups -OCH3 is 2.